The number of halogens is 1. The molecule has 0 radical (unpaired) electrons. The standard InChI is InChI=1S/C11H11ClN2O5/c1-2-13-10(15)6-19-11(16)8-5-7(12)3-4-9(8)14(17)18/h3-5H,2,6H2,1H3,(H,13,15). The van der Waals surface area contributed by atoms with Crippen molar-refractivity contribution in [2.24, 2.45) is 0 Å². The van der Waals surface area contributed by atoms with Crippen LogP contribution in [0.5, 0.6) is 0 Å². The molecular weight excluding hydrogens is 276 g/mol. The monoisotopic (exact) mass is 286 g/mol. The van der Waals surface area contributed by atoms with Gasteiger partial charge in [0.05, 0.1) is 4.92 Å². The van der Waals surface area contributed by atoms with Crippen molar-refractivity contribution in [2.75, 3.05) is 13.2 Å². The Kier molecular flexibility index (Phi) is 5.25. The molecule has 0 heterocycles. The number of nitro benzene ring substituents is 1. The largest absolute Gasteiger partial charge is 0.452 e. The van der Waals surface area contributed by atoms with Crippen molar-refractivity contribution in [1.29, 1.82) is 0 Å². The highest BCUT2D eigenvalue weighted by molar-refractivity contribution is 6.31. The molecule has 0 saturated heterocycles. The van der Waals surface area contributed by atoms with E-state index in [1.54, 1.807) is 6.92 Å². The maximum atomic E-state index is 11.7. The van der Waals surface area contributed by atoms with Gasteiger partial charge in [-0.3, -0.25) is 14.9 Å². The lowest BCUT2D eigenvalue weighted by molar-refractivity contribution is -0.385. The number of nitro groups is 1. The third kappa shape index (κ3) is 4.22. The van der Waals surface area contributed by atoms with Crippen molar-refractivity contribution >= 4 is 29.2 Å². The Morgan fingerprint density at radius 2 is 2.16 bits per heavy atom. The number of nitrogens with one attached hydrogen (secondary N) is 1. The Balaban J connectivity index is 2.84. The molecule has 1 aromatic carbocycles. The van der Waals surface area contributed by atoms with E-state index >= 15 is 0 Å². The highest BCUT2D eigenvalue weighted by Gasteiger charge is 2.22. The number of ether oxygens (including phenoxy) is 1. The SMILES string of the molecule is CCNC(=O)COC(=O)c1cc(Cl)ccc1[N+](=O)[O-]. The van der Waals surface area contributed by atoms with Crippen LogP contribution in [0.15, 0.2) is 18.2 Å². The fraction of sp³-hybridized carbons (Fsp3) is 0.273. The van der Waals surface area contributed by atoms with E-state index in [-0.39, 0.29) is 10.6 Å². The zero-order valence-corrected chi connectivity index (χ0v) is 10.8. The molecule has 8 heteroatoms. The Morgan fingerprint density at radius 1 is 1.47 bits per heavy atom. The minimum Gasteiger partial charge on any atom is -0.452 e. The number of carbonyl (C=O) groups is 2. The van der Waals surface area contributed by atoms with E-state index in [0.29, 0.717) is 6.54 Å². The van der Waals surface area contributed by atoms with Gasteiger partial charge in [0.1, 0.15) is 5.56 Å². The zero-order chi connectivity index (χ0) is 14.4. The van der Waals surface area contributed by atoms with Gasteiger partial charge in [-0.15, -0.1) is 0 Å². The lowest BCUT2D eigenvalue weighted by atomic mass is 10.2. The van der Waals surface area contributed by atoms with Crippen LogP contribution in [0.1, 0.15) is 17.3 Å². The van der Waals surface area contributed by atoms with E-state index < -0.39 is 29.1 Å². The highest BCUT2D eigenvalue weighted by Crippen LogP contribution is 2.23. The first-order chi connectivity index (χ1) is 8.95. The Labute approximate surface area is 113 Å². The van der Waals surface area contributed by atoms with Crippen LogP contribution in [0.3, 0.4) is 0 Å². The molecule has 0 spiro atoms. The summed E-state index contributed by atoms with van der Waals surface area (Å²) in [6.07, 6.45) is 0. The second-order valence-electron chi connectivity index (χ2n) is 3.45. The number of nitrogens with zero attached hydrogens (tertiary/aromatic N) is 1. The molecule has 1 rings (SSSR count). The third-order valence-corrected chi connectivity index (χ3v) is 2.32. The van der Waals surface area contributed by atoms with E-state index in [1.807, 2.05) is 0 Å². The van der Waals surface area contributed by atoms with Crippen LogP contribution in [0.25, 0.3) is 0 Å². The van der Waals surface area contributed by atoms with E-state index in [9.17, 15) is 19.7 Å². The second-order valence-corrected chi connectivity index (χ2v) is 3.88. The van der Waals surface area contributed by atoms with Gasteiger partial charge in [-0.1, -0.05) is 11.6 Å². The fourth-order valence-electron chi connectivity index (χ4n) is 1.29. The topological polar surface area (TPSA) is 98.5 Å². The molecule has 0 atom stereocenters. The molecule has 0 aliphatic heterocycles. The molecule has 0 aliphatic rings. The fourth-order valence-corrected chi connectivity index (χ4v) is 1.46. The van der Waals surface area contributed by atoms with E-state index in [0.717, 1.165) is 12.1 Å². The maximum Gasteiger partial charge on any atom is 0.345 e. The first kappa shape index (κ1) is 14.9. The molecule has 0 fully saturated rings. The highest BCUT2D eigenvalue weighted by atomic mass is 35.5. The Hall–Kier alpha value is -2.15. The number of amides is 1. The molecule has 7 nitrogen and oxygen atoms in total. The van der Waals surface area contributed by atoms with Crippen molar-refractivity contribution < 1.29 is 19.2 Å². The summed E-state index contributed by atoms with van der Waals surface area (Å²) in [5.74, 6) is -1.46. The summed E-state index contributed by atoms with van der Waals surface area (Å²) in [4.78, 5) is 32.8. The van der Waals surface area contributed by atoms with Crippen molar-refractivity contribution in [3.8, 4) is 0 Å². The van der Waals surface area contributed by atoms with Crippen LogP contribution in [0, 0.1) is 10.1 Å². The van der Waals surface area contributed by atoms with Crippen molar-refractivity contribution in [3.63, 3.8) is 0 Å². The van der Waals surface area contributed by atoms with Gasteiger partial charge >= 0.3 is 5.97 Å². The summed E-state index contributed by atoms with van der Waals surface area (Å²) in [6.45, 7) is 1.60. The summed E-state index contributed by atoms with van der Waals surface area (Å²) < 4.78 is 4.67. The normalized spacial score (nSPS) is 9.79. The Bertz CT molecular complexity index is 518. The Morgan fingerprint density at radius 3 is 2.74 bits per heavy atom. The van der Waals surface area contributed by atoms with Crippen LogP contribution in [0.4, 0.5) is 5.69 Å². The van der Waals surface area contributed by atoms with Crippen LogP contribution < -0.4 is 5.32 Å². The van der Waals surface area contributed by atoms with Crippen molar-refractivity contribution in [1.82, 2.24) is 5.32 Å². The molecule has 0 bridgehead atoms. The van der Waals surface area contributed by atoms with Gasteiger partial charge in [0.2, 0.25) is 0 Å². The number of hydrogen-bond acceptors (Lipinski definition) is 5. The number of rotatable bonds is 5. The quantitative estimate of drug-likeness (QED) is 0.503. The van der Waals surface area contributed by atoms with Gasteiger partial charge < -0.3 is 10.1 Å². The lowest BCUT2D eigenvalue weighted by Gasteiger charge is -2.05. The summed E-state index contributed by atoms with van der Waals surface area (Å²) >= 11 is 5.67. The van der Waals surface area contributed by atoms with Crippen LogP contribution in [-0.4, -0.2) is 30.0 Å². The number of benzene rings is 1. The molecule has 0 aromatic heterocycles. The molecule has 1 amide bonds. The van der Waals surface area contributed by atoms with Crippen LogP contribution in [0.2, 0.25) is 5.02 Å². The van der Waals surface area contributed by atoms with E-state index in [2.05, 4.69) is 10.1 Å². The summed E-state index contributed by atoms with van der Waals surface area (Å²) in [6, 6.07) is 3.52. The van der Waals surface area contributed by atoms with Crippen LogP contribution in [-0.2, 0) is 9.53 Å². The molecule has 0 saturated carbocycles. The van der Waals surface area contributed by atoms with Gasteiger partial charge in [-0.05, 0) is 19.1 Å². The first-order valence-electron chi connectivity index (χ1n) is 5.33. The van der Waals surface area contributed by atoms with Gasteiger partial charge in [0.15, 0.2) is 6.61 Å². The van der Waals surface area contributed by atoms with E-state index in [4.69, 9.17) is 11.6 Å². The minimum atomic E-state index is -0.972. The predicted molar refractivity (Wildman–Crippen MR) is 67.1 cm³/mol. The molecule has 19 heavy (non-hydrogen) atoms. The lowest BCUT2D eigenvalue weighted by Crippen LogP contribution is -2.28. The summed E-state index contributed by atoms with van der Waals surface area (Å²) in [5, 5.41) is 13.3. The van der Waals surface area contributed by atoms with Crippen molar-refractivity contribution in [3.05, 3.63) is 38.9 Å². The molecule has 1 N–H and O–H groups in total. The van der Waals surface area contributed by atoms with Gasteiger partial charge in [0, 0.05) is 17.6 Å². The van der Waals surface area contributed by atoms with Gasteiger partial charge in [-0.25, -0.2) is 4.79 Å². The first-order valence-corrected chi connectivity index (χ1v) is 5.71. The van der Waals surface area contributed by atoms with Crippen molar-refractivity contribution in [2.45, 2.75) is 6.92 Å². The summed E-state index contributed by atoms with van der Waals surface area (Å²) in [7, 11) is 0. The summed E-state index contributed by atoms with van der Waals surface area (Å²) in [5.41, 5.74) is -0.716. The van der Waals surface area contributed by atoms with Gasteiger partial charge in [0.25, 0.3) is 11.6 Å². The average Bonchev–Trinajstić information content (AvgIpc) is 2.35. The molecule has 102 valence electrons. The number of hydrogen-bond donors (Lipinski definition) is 1. The molecule has 1 aromatic rings. The zero-order valence-electron chi connectivity index (χ0n) is 10.0. The average molecular weight is 287 g/mol. The predicted octanol–water partition coefficient (Wildman–Crippen LogP) is 1.54. The molecule has 0 aliphatic carbocycles. The van der Waals surface area contributed by atoms with Gasteiger partial charge in [-0.2, -0.15) is 0 Å². The number of esters is 1. The smallest absolute Gasteiger partial charge is 0.345 e. The third-order valence-electron chi connectivity index (χ3n) is 2.08. The maximum absolute atomic E-state index is 11.7. The second kappa shape index (κ2) is 6.69. The minimum absolute atomic E-state index is 0.163. The number of carbonyl (C=O) groups excluding carboxylic acids is 2. The van der Waals surface area contributed by atoms with E-state index in [1.165, 1.54) is 6.07 Å². The number of likely N-dealkylation sites (N-methyl/N-ethyl adjacent to an activating group) is 1. The molecule has 0 unspecified atom stereocenters. The molecular formula is C11H11ClN2O5. The van der Waals surface area contributed by atoms with Crippen LogP contribution >= 0.6 is 11.6 Å².